The van der Waals surface area contributed by atoms with Gasteiger partial charge < -0.3 is 9.42 Å². The predicted octanol–water partition coefficient (Wildman–Crippen LogP) is 0.951. The summed E-state index contributed by atoms with van der Waals surface area (Å²) in [7, 11) is -1.34. The molecule has 2 aliphatic rings. The number of benzene rings is 1. The molecule has 0 spiro atoms. The van der Waals surface area contributed by atoms with E-state index in [0.717, 1.165) is 30.1 Å². The van der Waals surface area contributed by atoms with Gasteiger partial charge in [0.1, 0.15) is 5.69 Å². The summed E-state index contributed by atoms with van der Waals surface area (Å²) in [5, 5.41) is 4.15. The quantitative estimate of drug-likeness (QED) is 0.738. The first kappa shape index (κ1) is 19.5. The Bertz CT molecular complexity index is 870. The third-order valence-corrected chi connectivity index (χ3v) is 7.49. The fraction of sp³-hybridized carbons (Fsp3) is 0.526. The molecule has 0 aliphatic carbocycles. The number of aromatic nitrogens is 1. The summed E-state index contributed by atoms with van der Waals surface area (Å²) in [5.41, 5.74) is 1.85. The van der Waals surface area contributed by atoms with Gasteiger partial charge in [0.05, 0.1) is 6.54 Å². The number of likely N-dealkylation sites (N-methyl/N-ethyl adjacent to an activating group) is 1. The summed E-state index contributed by atoms with van der Waals surface area (Å²) in [5.74, 6) is 0.800. The van der Waals surface area contributed by atoms with Gasteiger partial charge in [0.15, 0.2) is 5.76 Å². The minimum Gasteiger partial charge on any atom is -0.359 e. The summed E-state index contributed by atoms with van der Waals surface area (Å²) in [6, 6.07) is 11.9. The maximum atomic E-state index is 12.9. The molecule has 0 N–H and O–H groups in total. The summed E-state index contributed by atoms with van der Waals surface area (Å²) in [6.45, 7) is 5.75. The highest BCUT2D eigenvalue weighted by molar-refractivity contribution is 7.86. The summed E-state index contributed by atoms with van der Waals surface area (Å²) < 4.78 is 34.4. The lowest BCUT2D eigenvalue weighted by atomic mass is 10.1. The highest BCUT2D eigenvalue weighted by Gasteiger charge is 2.33. The Hall–Kier alpha value is -1.78. The molecule has 0 bridgehead atoms. The maximum absolute atomic E-state index is 12.9. The van der Waals surface area contributed by atoms with E-state index >= 15 is 0 Å². The van der Waals surface area contributed by atoms with Crippen molar-refractivity contribution in [1.82, 2.24) is 23.6 Å². The van der Waals surface area contributed by atoms with Crippen molar-refractivity contribution in [2.24, 2.45) is 0 Å². The minimum absolute atomic E-state index is 0.508. The second kappa shape index (κ2) is 8.30. The molecule has 2 saturated heterocycles. The molecule has 9 heteroatoms. The van der Waals surface area contributed by atoms with E-state index < -0.39 is 10.2 Å². The number of rotatable bonds is 5. The first-order valence-electron chi connectivity index (χ1n) is 9.69. The van der Waals surface area contributed by atoms with Crippen molar-refractivity contribution in [2.45, 2.75) is 6.54 Å². The Kier molecular flexibility index (Phi) is 5.79. The molecule has 0 unspecified atom stereocenters. The molecular formula is C19H27N5O3S. The molecule has 8 nitrogen and oxygen atoms in total. The molecule has 0 saturated carbocycles. The molecule has 28 heavy (non-hydrogen) atoms. The van der Waals surface area contributed by atoms with Gasteiger partial charge in [0, 0.05) is 64.0 Å². The van der Waals surface area contributed by atoms with E-state index in [1.165, 1.54) is 0 Å². The zero-order valence-corrected chi connectivity index (χ0v) is 17.0. The molecule has 3 heterocycles. The Morgan fingerprint density at radius 2 is 1.54 bits per heavy atom. The van der Waals surface area contributed by atoms with Crippen LogP contribution < -0.4 is 0 Å². The molecule has 4 rings (SSSR count). The zero-order valence-electron chi connectivity index (χ0n) is 16.2. The van der Waals surface area contributed by atoms with E-state index in [4.69, 9.17) is 4.52 Å². The van der Waals surface area contributed by atoms with Gasteiger partial charge in [-0.3, -0.25) is 4.90 Å². The molecule has 1 aromatic carbocycles. The third kappa shape index (κ3) is 4.28. The third-order valence-electron chi connectivity index (χ3n) is 5.45. The maximum Gasteiger partial charge on any atom is 0.282 e. The summed E-state index contributed by atoms with van der Waals surface area (Å²) in [4.78, 5) is 4.37. The first-order chi connectivity index (χ1) is 13.5. The average Bonchev–Trinajstić information content (AvgIpc) is 3.18. The number of piperazine rings is 2. The highest BCUT2D eigenvalue weighted by atomic mass is 32.2. The fourth-order valence-electron chi connectivity index (χ4n) is 3.65. The molecule has 0 atom stereocenters. The molecule has 0 radical (unpaired) electrons. The minimum atomic E-state index is -3.36. The van der Waals surface area contributed by atoms with Crippen molar-refractivity contribution < 1.29 is 12.9 Å². The fourth-order valence-corrected chi connectivity index (χ4v) is 5.23. The van der Waals surface area contributed by atoms with E-state index in [0.29, 0.717) is 45.8 Å². The van der Waals surface area contributed by atoms with Gasteiger partial charge in [-0.05, 0) is 7.05 Å². The van der Waals surface area contributed by atoms with Crippen molar-refractivity contribution in [3.05, 3.63) is 42.2 Å². The van der Waals surface area contributed by atoms with Gasteiger partial charge in [-0.15, -0.1) is 0 Å². The molecule has 0 amide bonds. The van der Waals surface area contributed by atoms with Crippen LogP contribution in [-0.2, 0) is 16.8 Å². The Labute approximate surface area is 166 Å². The van der Waals surface area contributed by atoms with Crippen LogP contribution >= 0.6 is 0 Å². The van der Waals surface area contributed by atoms with Gasteiger partial charge in [-0.1, -0.05) is 35.5 Å². The summed E-state index contributed by atoms with van der Waals surface area (Å²) >= 11 is 0. The van der Waals surface area contributed by atoms with E-state index in [-0.39, 0.29) is 0 Å². The number of nitrogens with zero attached hydrogens (tertiary/aromatic N) is 5. The Balaban J connectivity index is 1.32. The van der Waals surface area contributed by atoms with Gasteiger partial charge in [0.25, 0.3) is 10.2 Å². The standard InChI is InChI=1S/C19H27N5O3S/c1-21-7-11-23(12-8-21)28(25,26)24-13-9-22(10-14-24)16-18-15-19(20-27-18)17-5-3-2-4-6-17/h2-6,15H,7-14,16H2,1H3. The lowest BCUT2D eigenvalue weighted by molar-refractivity contribution is 0.154. The second-order valence-electron chi connectivity index (χ2n) is 7.43. The van der Waals surface area contributed by atoms with Crippen molar-refractivity contribution in [3.63, 3.8) is 0 Å². The van der Waals surface area contributed by atoms with Gasteiger partial charge in [-0.2, -0.15) is 17.0 Å². The Morgan fingerprint density at radius 1 is 0.929 bits per heavy atom. The van der Waals surface area contributed by atoms with Crippen LogP contribution in [0.15, 0.2) is 40.9 Å². The van der Waals surface area contributed by atoms with Crippen LogP contribution in [0.5, 0.6) is 0 Å². The van der Waals surface area contributed by atoms with Crippen LogP contribution in [0.2, 0.25) is 0 Å². The van der Waals surface area contributed by atoms with Gasteiger partial charge in [0.2, 0.25) is 0 Å². The Morgan fingerprint density at radius 3 is 2.18 bits per heavy atom. The smallest absolute Gasteiger partial charge is 0.282 e. The highest BCUT2D eigenvalue weighted by Crippen LogP contribution is 2.20. The van der Waals surface area contributed by atoms with Crippen molar-refractivity contribution in [2.75, 3.05) is 59.4 Å². The molecule has 2 aliphatic heterocycles. The predicted molar refractivity (Wildman–Crippen MR) is 107 cm³/mol. The van der Waals surface area contributed by atoms with Crippen molar-refractivity contribution in [1.29, 1.82) is 0 Å². The van der Waals surface area contributed by atoms with E-state index in [9.17, 15) is 8.42 Å². The molecule has 2 aromatic rings. The van der Waals surface area contributed by atoms with Crippen molar-refractivity contribution >= 4 is 10.2 Å². The monoisotopic (exact) mass is 405 g/mol. The van der Waals surface area contributed by atoms with Gasteiger partial charge in [-0.25, -0.2) is 0 Å². The number of hydrogen-bond acceptors (Lipinski definition) is 6. The molecular weight excluding hydrogens is 378 g/mol. The first-order valence-corrected chi connectivity index (χ1v) is 11.1. The van der Waals surface area contributed by atoms with Crippen LogP contribution in [0.25, 0.3) is 11.3 Å². The van der Waals surface area contributed by atoms with Crippen LogP contribution in [0.3, 0.4) is 0 Å². The number of hydrogen-bond donors (Lipinski definition) is 0. The SMILES string of the molecule is CN1CCN(S(=O)(=O)N2CCN(Cc3cc(-c4ccccc4)no3)CC2)CC1. The lowest BCUT2D eigenvalue weighted by Crippen LogP contribution is -2.56. The largest absolute Gasteiger partial charge is 0.359 e. The van der Waals surface area contributed by atoms with Crippen LogP contribution in [-0.4, -0.2) is 91.4 Å². The van der Waals surface area contributed by atoms with E-state index in [1.54, 1.807) is 8.61 Å². The van der Waals surface area contributed by atoms with Crippen molar-refractivity contribution in [3.8, 4) is 11.3 Å². The lowest BCUT2D eigenvalue weighted by Gasteiger charge is -2.38. The second-order valence-corrected chi connectivity index (χ2v) is 9.36. The van der Waals surface area contributed by atoms with Gasteiger partial charge >= 0.3 is 0 Å². The topological polar surface area (TPSA) is 73.1 Å². The van der Waals surface area contributed by atoms with E-state index in [2.05, 4.69) is 15.0 Å². The van der Waals surface area contributed by atoms with Crippen LogP contribution in [0, 0.1) is 0 Å². The summed E-state index contributed by atoms with van der Waals surface area (Å²) in [6.07, 6.45) is 0. The van der Waals surface area contributed by atoms with Crippen LogP contribution in [0.4, 0.5) is 0 Å². The molecule has 1 aromatic heterocycles. The average molecular weight is 406 g/mol. The van der Waals surface area contributed by atoms with Crippen LogP contribution in [0.1, 0.15) is 5.76 Å². The van der Waals surface area contributed by atoms with E-state index in [1.807, 2.05) is 43.4 Å². The molecule has 2 fully saturated rings. The molecule has 152 valence electrons. The zero-order chi connectivity index (χ0) is 19.6. The normalized spacial score (nSPS) is 21.2.